The van der Waals surface area contributed by atoms with Gasteiger partial charge in [-0.25, -0.2) is 4.39 Å². The molecule has 0 aliphatic carbocycles. The second-order valence-electron chi connectivity index (χ2n) is 4.07. The number of hydrogen-bond acceptors (Lipinski definition) is 3. The third kappa shape index (κ3) is 3.33. The van der Waals surface area contributed by atoms with Gasteiger partial charge in [0, 0.05) is 0 Å². The van der Waals surface area contributed by atoms with Crippen LogP contribution < -0.4 is 4.74 Å². The van der Waals surface area contributed by atoms with Gasteiger partial charge in [0.1, 0.15) is 23.4 Å². The SMILES string of the molecule is N#Cc1cc(F)ccc1Oc1ccc(CC(=O)O)cc1. The average Bonchev–Trinajstić information content (AvgIpc) is 2.42. The molecule has 2 aromatic rings. The summed E-state index contributed by atoms with van der Waals surface area (Å²) in [7, 11) is 0. The fourth-order valence-corrected chi connectivity index (χ4v) is 1.66. The minimum Gasteiger partial charge on any atom is -0.481 e. The minimum atomic E-state index is -0.913. The topological polar surface area (TPSA) is 70.3 Å². The summed E-state index contributed by atoms with van der Waals surface area (Å²) < 4.78 is 18.5. The van der Waals surface area contributed by atoms with E-state index in [9.17, 15) is 9.18 Å². The average molecular weight is 271 g/mol. The molecule has 2 aromatic carbocycles. The molecule has 100 valence electrons. The van der Waals surface area contributed by atoms with Crippen LogP contribution in [0.25, 0.3) is 0 Å². The Morgan fingerprint density at radius 3 is 2.55 bits per heavy atom. The number of carboxylic acids is 1. The van der Waals surface area contributed by atoms with Gasteiger partial charge >= 0.3 is 5.97 Å². The summed E-state index contributed by atoms with van der Waals surface area (Å²) in [4.78, 5) is 10.6. The van der Waals surface area contributed by atoms with Gasteiger partial charge in [-0.3, -0.25) is 4.79 Å². The molecular weight excluding hydrogens is 261 g/mol. The van der Waals surface area contributed by atoms with Crippen molar-refractivity contribution in [3.63, 3.8) is 0 Å². The Labute approximate surface area is 114 Å². The predicted molar refractivity (Wildman–Crippen MR) is 69.0 cm³/mol. The van der Waals surface area contributed by atoms with E-state index in [4.69, 9.17) is 15.1 Å². The Bertz CT molecular complexity index is 675. The van der Waals surface area contributed by atoms with Gasteiger partial charge in [0.05, 0.1) is 12.0 Å². The highest BCUT2D eigenvalue weighted by Crippen LogP contribution is 2.25. The first-order valence-corrected chi connectivity index (χ1v) is 5.77. The fourth-order valence-electron chi connectivity index (χ4n) is 1.66. The number of benzene rings is 2. The van der Waals surface area contributed by atoms with E-state index in [1.54, 1.807) is 24.3 Å². The van der Waals surface area contributed by atoms with Crippen LogP contribution in [0.5, 0.6) is 11.5 Å². The molecule has 0 saturated heterocycles. The smallest absolute Gasteiger partial charge is 0.307 e. The zero-order chi connectivity index (χ0) is 14.5. The van der Waals surface area contributed by atoms with Gasteiger partial charge in [-0.2, -0.15) is 5.26 Å². The molecular formula is C15H10FNO3. The molecule has 0 radical (unpaired) electrons. The quantitative estimate of drug-likeness (QED) is 0.927. The normalized spacial score (nSPS) is 9.80. The van der Waals surface area contributed by atoms with Crippen LogP contribution in [0.3, 0.4) is 0 Å². The number of ether oxygens (including phenoxy) is 1. The van der Waals surface area contributed by atoms with Crippen LogP contribution in [0.2, 0.25) is 0 Å². The number of nitrogens with zero attached hydrogens (tertiary/aromatic N) is 1. The Kier molecular flexibility index (Phi) is 3.96. The maximum Gasteiger partial charge on any atom is 0.307 e. The number of halogens is 1. The molecule has 0 unspecified atom stereocenters. The first-order chi connectivity index (χ1) is 9.58. The third-order valence-electron chi connectivity index (χ3n) is 2.57. The van der Waals surface area contributed by atoms with Gasteiger partial charge in [-0.1, -0.05) is 12.1 Å². The maximum absolute atomic E-state index is 13.0. The van der Waals surface area contributed by atoms with E-state index in [1.807, 2.05) is 6.07 Å². The van der Waals surface area contributed by atoms with Gasteiger partial charge < -0.3 is 9.84 Å². The number of hydrogen-bond donors (Lipinski definition) is 1. The first kappa shape index (κ1) is 13.6. The van der Waals surface area contributed by atoms with E-state index in [-0.39, 0.29) is 17.7 Å². The van der Waals surface area contributed by atoms with E-state index < -0.39 is 11.8 Å². The predicted octanol–water partition coefficient (Wildman–Crippen LogP) is 3.12. The van der Waals surface area contributed by atoms with E-state index >= 15 is 0 Å². The largest absolute Gasteiger partial charge is 0.481 e. The van der Waals surface area contributed by atoms with Crippen LogP contribution in [-0.2, 0) is 11.2 Å². The summed E-state index contributed by atoms with van der Waals surface area (Å²) >= 11 is 0. The monoisotopic (exact) mass is 271 g/mol. The number of carbonyl (C=O) groups is 1. The minimum absolute atomic E-state index is 0.0692. The summed E-state index contributed by atoms with van der Waals surface area (Å²) in [6, 6.07) is 12.0. The van der Waals surface area contributed by atoms with Crippen LogP contribution in [0, 0.1) is 17.1 Å². The van der Waals surface area contributed by atoms with Gasteiger partial charge in [-0.15, -0.1) is 0 Å². The summed E-state index contributed by atoms with van der Waals surface area (Å²) in [6.07, 6.45) is -0.0692. The third-order valence-corrected chi connectivity index (χ3v) is 2.57. The molecule has 0 aliphatic rings. The van der Waals surface area contributed by atoms with Crippen molar-refractivity contribution in [1.82, 2.24) is 0 Å². The Morgan fingerprint density at radius 2 is 1.95 bits per heavy atom. The van der Waals surface area contributed by atoms with Crippen molar-refractivity contribution in [3.8, 4) is 17.6 Å². The lowest BCUT2D eigenvalue weighted by molar-refractivity contribution is -0.136. The maximum atomic E-state index is 13.0. The molecule has 4 nitrogen and oxygen atoms in total. The number of carboxylic acid groups (broad SMARTS) is 1. The van der Waals surface area contributed by atoms with Crippen LogP contribution in [0.1, 0.15) is 11.1 Å². The Morgan fingerprint density at radius 1 is 1.25 bits per heavy atom. The van der Waals surface area contributed by atoms with Gasteiger partial charge in [-0.05, 0) is 35.9 Å². The summed E-state index contributed by atoms with van der Waals surface area (Å²) in [5.74, 6) is -0.725. The van der Waals surface area contributed by atoms with Crippen LogP contribution >= 0.6 is 0 Å². The van der Waals surface area contributed by atoms with Crippen molar-refractivity contribution in [3.05, 3.63) is 59.4 Å². The fraction of sp³-hybridized carbons (Fsp3) is 0.0667. The lowest BCUT2D eigenvalue weighted by atomic mass is 10.1. The molecule has 1 N–H and O–H groups in total. The van der Waals surface area contributed by atoms with Crippen LogP contribution in [0.4, 0.5) is 4.39 Å². The highest BCUT2D eigenvalue weighted by atomic mass is 19.1. The van der Waals surface area contributed by atoms with E-state index in [2.05, 4.69) is 0 Å². The molecule has 5 heteroatoms. The standard InChI is InChI=1S/C15H10FNO3/c16-12-3-6-14(11(8-12)9-17)20-13-4-1-10(2-5-13)7-15(18)19/h1-6,8H,7H2,(H,18,19). The highest BCUT2D eigenvalue weighted by Gasteiger charge is 2.07. The van der Waals surface area contributed by atoms with E-state index in [1.165, 1.54) is 12.1 Å². The second-order valence-corrected chi connectivity index (χ2v) is 4.07. The molecule has 20 heavy (non-hydrogen) atoms. The van der Waals surface area contributed by atoms with Crippen molar-refractivity contribution in [2.75, 3.05) is 0 Å². The van der Waals surface area contributed by atoms with Crippen molar-refractivity contribution in [2.45, 2.75) is 6.42 Å². The first-order valence-electron chi connectivity index (χ1n) is 5.77. The molecule has 0 heterocycles. The van der Waals surface area contributed by atoms with Gasteiger partial charge in [0.2, 0.25) is 0 Å². The summed E-state index contributed by atoms with van der Waals surface area (Å²) in [6.45, 7) is 0. The molecule has 0 saturated carbocycles. The van der Waals surface area contributed by atoms with Crippen LogP contribution in [0.15, 0.2) is 42.5 Å². The summed E-state index contributed by atoms with van der Waals surface area (Å²) in [5, 5.41) is 17.6. The molecule has 0 fully saturated rings. The van der Waals surface area contributed by atoms with Crippen molar-refractivity contribution in [1.29, 1.82) is 5.26 Å². The summed E-state index contributed by atoms with van der Waals surface area (Å²) in [5.41, 5.74) is 0.740. The zero-order valence-electron chi connectivity index (χ0n) is 10.3. The van der Waals surface area contributed by atoms with E-state index in [0.717, 1.165) is 6.07 Å². The molecule has 0 amide bonds. The molecule has 0 aromatic heterocycles. The molecule has 0 atom stereocenters. The Balaban J connectivity index is 2.18. The second kappa shape index (κ2) is 5.85. The van der Waals surface area contributed by atoms with Gasteiger partial charge in [0.15, 0.2) is 0 Å². The van der Waals surface area contributed by atoms with Crippen molar-refractivity contribution in [2.24, 2.45) is 0 Å². The lowest BCUT2D eigenvalue weighted by Crippen LogP contribution is -1.99. The molecule has 0 aliphatic heterocycles. The lowest BCUT2D eigenvalue weighted by Gasteiger charge is -2.07. The van der Waals surface area contributed by atoms with Crippen molar-refractivity contribution < 1.29 is 19.0 Å². The van der Waals surface area contributed by atoms with Gasteiger partial charge in [0.25, 0.3) is 0 Å². The highest BCUT2D eigenvalue weighted by molar-refractivity contribution is 5.70. The Hall–Kier alpha value is -2.87. The molecule has 2 rings (SSSR count). The number of aliphatic carboxylic acids is 1. The number of rotatable bonds is 4. The molecule has 0 spiro atoms. The zero-order valence-corrected chi connectivity index (χ0v) is 10.3. The van der Waals surface area contributed by atoms with E-state index in [0.29, 0.717) is 11.3 Å². The van der Waals surface area contributed by atoms with Crippen molar-refractivity contribution >= 4 is 5.97 Å². The molecule has 0 bridgehead atoms. The van der Waals surface area contributed by atoms with Crippen LogP contribution in [-0.4, -0.2) is 11.1 Å². The number of nitriles is 1.